The van der Waals surface area contributed by atoms with Crippen LogP contribution in [0.3, 0.4) is 0 Å². The number of likely N-dealkylation sites (N-methyl/N-ethyl adjacent to an activating group) is 1. The maximum atomic E-state index is 11.8. The number of aryl methyl sites for hydroxylation is 1. The lowest BCUT2D eigenvalue weighted by Crippen LogP contribution is -2.46. The van der Waals surface area contributed by atoms with Crippen LogP contribution in [0.1, 0.15) is 52.2 Å². The van der Waals surface area contributed by atoms with Gasteiger partial charge in [0.2, 0.25) is 0 Å². The van der Waals surface area contributed by atoms with E-state index in [1.807, 2.05) is 39.3 Å². The van der Waals surface area contributed by atoms with Gasteiger partial charge in [-0.2, -0.15) is 0 Å². The largest absolute Gasteiger partial charge is 0.444 e. The van der Waals surface area contributed by atoms with E-state index in [1.54, 1.807) is 0 Å². The van der Waals surface area contributed by atoms with Gasteiger partial charge in [0, 0.05) is 32.7 Å². The molecule has 0 radical (unpaired) electrons. The fraction of sp³-hybridized carbons (Fsp3) is 0.800. The minimum absolute atomic E-state index is 0.421. The number of rotatable bonds is 8. The number of likely N-dealkylation sites (tertiary alicyclic amines) is 1. The number of aromatic nitrogens is 3. The van der Waals surface area contributed by atoms with Gasteiger partial charge in [-0.15, -0.1) is 10.2 Å². The van der Waals surface area contributed by atoms with Crippen molar-refractivity contribution in [1.82, 2.24) is 35.6 Å². The van der Waals surface area contributed by atoms with Crippen molar-refractivity contribution < 1.29 is 9.53 Å². The highest BCUT2D eigenvalue weighted by Gasteiger charge is 2.23. The molecule has 0 bridgehead atoms. The lowest BCUT2D eigenvalue weighted by molar-refractivity contribution is 0.0529. The average molecular weight is 423 g/mol. The second kappa shape index (κ2) is 11.1. The molecule has 2 heterocycles. The third-order valence-electron chi connectivity index (χ3n) is 5.06. The van der Waals surface area contributed by atoms with Crippen LogP contribution in [0.25, 0.3) is 0 Å². The summed E-state index contributed by atoms with van der Waals surface area (Å²) in [5.41, 5.74) is -0.508. The van der Waals surface area contributed by atoms with Crippen molar-refractivity contribution in [3.63, 3.8) is 0 Å². The predicted octanol–water partition coefficient (Wildman–Crippen LogP) is 1.17. The predicted molar refractivity (Wildman–Crippen MR) is 117 cm³/mol. The van der Waals surface area contributed by atoms with E-state index in [-0.39, 0.29) is 0 Å². The molecule has 0 aliphatic carbocycles. The zero-order valence-electron chi connectivity index (χ0n) is 19.3. The Morgan fingerprint density at radius 2 is 1.97 bits per heavy atom. The summed E-state index contributed by atoms with van der Waals surface area (Å²) in [6.07, 6.45) is 2.00. The molecule has 1 amide bonds. The standard InChI is InChI=1S/C20H38N8O2/c1-7-28-12-8-9-16(28)13-23-18(24-14-17-26-25-15(2)27(17)6)21-10-11-22-19(29)30-20(3,4)5/h16H,7-14H2,1-6H3,(H,22,29)(H2,21,23,24). The molecule has 1 aromatic rings. The highest BCUT2D eigenvalue weighted by molar-refractivity contribution is 5.79. The number of carbonyl (C=O) groups excluding carboxylic acids is 1. The normalized spacial score (nSPS) is 17.8. The summed E-state index contributed by atoms with van der Waals surface area (Å²) in [4.78, 5) is 18.9. The fourth-order valence-electron chi connectivity index (χ4n) is 3.33. The van der Waals surface area contributed by atoms with Crippen molar-refractivity contribution >= 4 is 12.1 Å². The molecule has 30 heavy (non-hydrogen) atoms. The summed E-state index contributed by atoms with van der Waals surface area (Å²) < 4.78 is 7.19. The van der Waals surface area contributed by atoms with Gasteiger partial charge in [0.25, 0.3) is 0 Å². The molecule has 1 unspecified atom stereocenters. The Bertz CT molecular complexity index is 710. The van der Waals surface area contributed by atoms with Gasteiger partial charge in [-0.3, -0.25) is 4.90 Å². The summed E-state index contributed by atoms with van der Waals surface area (Å²) in [5, 5.41) is 17.7. The van der Waals surface area contributed by atoms with Crippen LogP contribution in [-0.4, -0.2) is 76.1 Å². The Labute approximate surface area is 179 Å². The Hall–Kier alpha value is -2.36. The van der Waals surface area contributed by atoms with Gasteiger partial charge in [0.1, 0.15) is 18.0 Å². The van der Waals surface area contributed by atoms with Crippen molar-refractivity contribution in [3.05, 3.63) is 11.6 Å². The first-order valence-electron chi connectivity index (χ1n) is 10.8. The molecule has 1 aliphatic heterocycles. The van der Waals surface area contributed by atoms with Gasteiger partial charge in [0.15, 0.2) is 11.8 Å². The Kier molecular flexibility index (Phi) is 8.88. The maximum absolute atomic E-state index is 11.8. The van der Waals surface area contributed by atoms with Crippen LogP contribution in [0, 0.1) is 6.92 Å². The minimum atomic E-state index is -0.508. The molecule has 1 aromatic heterocycles. The van der Waals surface area contributed by atoms with E-state index in [2.05, 4.69) is 43.0 Å². The molecule has 1 saturated heterocycles. The van der Waals surface area contributed by atoms with E-state index in [0.29, 0.717) is 31.6 Å². The van der Waals surface area contributed by atoms with Gasteiger partial charge < -0.3 is 25.3 Å². The monoisotopic (exact) mass is 422 g/mol. The molecule has 10 heteroatoms. The number of hydrogen-bond acceptors (Lipinski definition) is 6. The lowest BCUT2D eigenvalue weighted by atomic mass is 10.2. The Balaban J connectivity index is 1.88. The van der Waals surface area contributed by atoms with Crippen molar-refractivity contribution in [2.75, 3.05) is 32.7 Å². The third kappa shape index (κ3) is 7.81. The summed E-state index contributed by atoms with van der Waals surface area (Å²) in [6.45, 7) is 14.1. The van der Waals surface area contributed by atoms with Crippen molar-refractivity contribution in [3.8, 4) is 0 Å². The number of ether oxygens (including phenoxy) is 1. The Morgan fingerprint density at radius 1 is 1.23 bits per heavy atom. The number of carbonyl (C=O) groups is 1. The minimum Gasteiger partial charge on any atom is -0.444 e. The van der Waals surface area contributed by atoms with E-state index >= 15 is 0 Å². The number of nitrogens with one attached hydrogen (secondary N) is 3. The topological polar surface area (TPSA) is 109 Å². The van der Waals surface area contributed by atoms with Gasteiger partial charge >= 0.3 is 6.09 Å². The van der Waals surface area contributed by atoms with Crippen molar-refractivity contribution in [2.45, 2.75) is 65.6 Å². The summed E-state index contributed by atoms with van der Waals surface area (Å²) in [6, 6.07) is 0.513. The molecule has 3 N–H and O–H groups in total. The van der Waals surface area contributed by atoms with E-state index in [1.165, 1.54) is 12.8 Å². The van der Waals surface area contributed by atoms with Gasteiger partial charge in [-0.05, 0) is 53.6 Å². The number of aliphatic imine (C=N–C) groups is 1. The van der Waals surface area contributed by atoms with E-state index < -0.39 is 11.7 Å². The molecule has 0 saturated carbocycles. The molecule has 0 spiro atoms. The molecule has 2 rings (SSSR count). The molecule has 1 atom stereocenters. The number of nitrogens with zero attached hydrogens (tertiary/aromatic N) is 5. The zero-order valence-corrected chi connectivity index (χ0v) is 19.3. The van der Waals surface area contributed by atoms with Crippen LogP contribution in [-0.2, 0) is 18.3 Å². The number of hydrogen-bond donors (Lipinski definition) is 3. The van der Waals surface area contributed by atoms with Crippen molar-refractivity contribution in [1.29, 1.82) is 0 Å². The SMILES string of the molecule is CCN1CCCC1CNC(=NCc1nnc(C)n1C)NCCNC(=O)OC(C)(C)C. The molecule has 10 nitrogen and oxygen atoms in total. The smallest absolute Gasteiger partial charge is 0.407 e. The average Bonchev–Trinajstić information content (AvgIpc) is 3.26. The molecular weight excluding hydrogens is 384 g/mol. The second-order valence-corrected chi connectivity index (χ2v) is 8.55. The fourth-order valence-corrected chi connectivity index (χ4v) is 3.33. The van der Waals surface area contributed by atoms with Crippen LogP contribution >= 0.6 is 0 Å². The first-order chi connectivity index (χ1) is 14.2. The lowest BCUT2D eigenvalue weighted by Gasteiger charge is -2.24. The van der Waals surface area contributed by atoms with E-state index in [0.717, 1.165) is 31.3 Å². The first kappa shape index (κ1) is 23.9. The Morgan fingerprint density at radius 3 is 2.60 bits per heavy atom. The molecule has 1 aliphatic rings. The van der Waals surface area contributed by atoms with Crippen LogP contribution in [0.5, 0.6) is 0 Å². The quantitative estimate of drug-likeness (QED) is 0.328. The van der Waals surface area contributed by atoms with Gasteiger partial charge in [0.05, 0.1) is 0 Å². The van der Waals surface area contributed by atoms with Crippen LogP contribution in [0.15, 0.2) is 4.99 Å². The van der Waals surface area contributed by atoms with Crippen LogP contribution in [0.2, 0.25) is 0 Å². The molecule has 1 fully saturated rings. The first-order valence-corrected chi connectivity index (χ1v) is 10.8. The van der Waals surface area contributed by atoms with Crippen LogP contribution < -0.4 is 16.0 Å². The van der Waals surface area contributed by atoms with Gasteiger partial charge in [-0.1, -0.05) is 6.92 Å². The molecule has 170 valence electrons. The van der Waals surface area contributed by atoms with Crippen molar-refractivity contribution in [2.24, 2.45) is 12.0 Å². The van der Waals surface area contributed by atoms with E-state index in [9.17, 15) is 4.79 Å². The molecule has 0 aromatic carbocycles. The highest BCUT2D eigenvalue weighted by atomic mass is 16.6. The van der Waals surface area contributed by atoms with Gasteiger partial charge in [-0.25, -0.2) is 9.79 Å². The third-order valence-corrected chi connectivity index (χ3v) is 5.06. The number of alkyl carbamates (subject to hydrolysis) is 1. The number of amides is 1. The van der Waals surface area contributed by atoms with Crippen LogP contribution in [0.4, 0.5) is 4.79 Å². The van der Waals surface area contributed by atoms with E-state index in [4.69, 9.17) is 4.74 Å². The number of guanidine groups is 1. The zero-order chi connectivity index (χ0) is 22.1. The summed E-state index contributed by atoms with van der Waals surface area (Å²) >= 11 is 0. The summed E-state index contributed by atoms with van der Waals surface area (Å²) in [5.74, 6) is 2.36. The summed E-state index contributed by atoms with van der Waals surface area (Å²) in [7, 11) is 1.93. The maximum Gasteiger partial charge on any atom is 0.407 e. The highest BCUT2D eigenvalue weighted by Crippen LogP contribution is 2.15. The second-order valence-electron chi connectivity index (χ2n) is 8.55. The molecular formula is C20H38N8O2.